The molecular formula is C13H16N4. The monoisotopic (exact) mass is 228 g/mol. The number of pyridine rings is 1. The molecule has 2 rings (SSSR count). The average Bonchev–Trinajstić information content (AvgIpc) is 2.37. The van der Waals surface area contributed by atoms with Gasteiger partial charge in [0.1, 0.15) is 5.82 Å². The van der Waals surface area contributed by atoms with Gasteiger partial charge in [-0.1, -0.05) is 13.0 Å². The van der Waals surface area contributed by atoms with Crippen LogP contribution >= 0.6 is 0 Å². The molecule has 4 heteroatoms. The molecular weight excluding hydrogens is 212 g/mol. The molecule has 0 bridgehead atoms. The molecule has 0 radical (unpaired) electrons. The van der Waals surface area contributed by atoms with Gasteiger partial charge in [0, 0.05) is 6.20 Å². The van der Waals surface area contributed by atoms with Gasteiger partial charge in [-0.2, -0.15) is 5.10 Å². The van der Waals surface area contributed by atoms with Crippen LogP contribution in [0.1, 0.15) is 23.7 Å². The second kappa shape index (κ2) is 5.39. The lowest BCUT2D eigenvalue weighted by atomic mass is 10.1. The van der Waals surface area contributed by atoms with Gasteiger partial charge in [0.15, 0.2) is 0 Å². The smallest absolute Gasteiger partial charge is 0.149 e. The molecule has 0 saturated carbocycles. The highest BCUT2D eigenvalue weighted by atomic mass is 15.2. The fourth-order valence-electron chi connectivity index (χ4n) is 1.68. The molecule has 0 fully saturated rings. The predicted octanol–water partition coefficient (Wildman–Crippen LogP) is 2.35. The Morgan fingerprint density at radius 1 is 1.35 bits per heavy atom. The molecule has 2 heterocycles. The molecule has 0 aliphatic rings. The van der Waals surface area contributed by atoms with Gasteiger partial charge < -0.3 is 5.32 Å². The molecule has 2 aromatic rings. The molecule has 4 nitrogen and oxygen atoms in total. The van der Waals surface area contributed by atoms with Crippen LogP contribution < -0.4 is 5.32 Å². The second-order valence-corrected chi connectivity index (χ2v) is 3.93. The molecule has 0 aromatic carbocycles. The Morgan fingerprint density at radius 2 is 2.24 bits per heavy atom. The predicted molar refractivity (Wildman–Crippen MR) is 67.7 cm³/mol. The van der Waals surface area contributed by atoms with Crippen molar-refractivity contribution >= 4 is 5.82 Å². The van der Waals surface area contributed by atoms with Gasteiger partial charge in [-0.05, 0) is 36.6 Å². The SMILES string of the molecule is CCc1cccnc1CNc1cc(C)cnn1. The molecule has 2 aromatic heterocycles. The van der Waals surface area contributed by atoms with E-state index in [4.69, 9.17) is 0 Å². The van der Waals surface area contributed by atoms with E-state index in [1.165, 1.54) is 5.56 Å². The van der Waals surface area contributed by atoms with Crippen molar-refractivity contribution < 1.29 is 0 Å². The number of hydrogen-bond acceptors (Lipinski definition) is 4. The summed E-state index contributed by atoms with van der Waals surface area (Å²) in [5.74, 6) is 0.790. The topological polar surface area (TPSA) is 50.7 Å². The Bertz CT molecular complexity index is 496. The highest BCUT2D eigenvalue weighted by Crippen LogP contribution is 2.09. The van der Waals surface area contributed by atoms with E-state index in [1.54, 1.807) is 6.20 Å². The lowest BCUT2D eigenvalue weighted by Gasteiger charge is -2.08. The lowest BCUT2D eigenvalue weighted by Crippen LogP contribution is -2.06. The largest absolute Gasteiger partial charge is 0.363 e. The Morgan fingerprint density at radius 3 is 3.00 bits per heavy atom. The van der Waals surface area contributed by atoms with E-state index >= 15 is 0 Å². The highest BCUT2D eigenvalue weighted by Gasteiger charge is 2.02. The van der Waals surface area contributed by atoms with Crippen LogP contribution in [0.2, 0.25) is 0 Å². The molecule has 17 heavy (non-hydrogen) atoms. The maximum atomic E-state index is 4.38. The molecule has 0 saturated heterocycles. The highest BCUT2D eigenvalue weighted by molar-refractivity contribution is 5.36. The number of rotatable bonds is 4. The van der Waals surface area contributed by atoms with Gasteiger partial charge in [-0.3, -0.25) is 4.98 Å². The van der Waals surface area contributed by atoms with Crippen LogP contribution in [0, 0.1) is 6.92 Å². The van der Waals surface area contributed by atoms with E-state index in [-0.39, 0.29) is 0 Å². The second-order valence-electron chi connectivity index (χ2n) is 3.93. The zero-order chi connectivity index (χ0) is 12.1. The third-order valence-electron chi connectivity index (χ3n) is 2.59. The minimum absolute atomic E-state index is 0.683. The van der Waals surface area contributed by atoms with Crippen molar-refractivity contribution in [3.05, 3.63) is 47.4 Å². The molecule has 1 N–H and O–H groups in total. The van der Waals surface area contributed by atoms with Crippen molar-refractivity contribution in [2.75, 3.05) is 5.32 Å². The summed E-state index contributed by atoms with van der Waals surface area (Å²) in [5.41, 5.74) is 3.43. The molecule has 88 valence electrons. The quantitative estimate of drug-likeness (QED) is 0.872. The van der Waals surface area contributed by atoms with E-state index in [1.807, 2.05) is 25.3 Å². The molecule has 0 aliphatic heterocycles. The number of anilines is 1. The van der Waals surface area contributed by atoms with Crippen molar-refractivity contribution in [2.24, 2.45) is 0 Å². The summed E-state index contributed by atoms with van der Waals surface area (Å²) in [6, 6.07) is 6.04. The summed E-state index contributed by atoms with van der Waals surface area (Å²) >= 11 is 0. The van der Waals surface area contributed by atoms with E-state index in [0.29, 0.717) is 6.54 Å². The van der Waals surface area contributed by atoms with Crippen LogP contribution in [0.3, 0.4) is 0 Å². The maximum absolute atomic E-state index is 4.38. The van der Waals surface area contributed by atoms with Crippen LogP contribution in [0.25, 0.3) is 0 Å². The lowest BCUT2D eigenvalue weighted by molar-refractivity contribution is 0.940. The first-order valence-corrected chi connectivity index (χ1v) is 5.75. The molecule has 0 aliphatic carbocycles. The Labute approximate surface area is 101 Å². The average molecular weight is 228 g/mol. The van der Waals surface area contributed by atoms with Crippen molar-refractivity contribution in [3.8, 4) is 0 Å². The molecule has 0 atom stereocenters. The fraction of sp³-hybridized carbons (Fsp3) is 0.308. The van der Waals surface area contributed by atoms with Crippen LogP contribution in [-0.4, -0.2) is 15.2 Å². The van der Waals surface area contributed by atoms with Crippen LogP contribution in [-0.2, 0) is 13.0 Å². The Balaban J connectivity index is 2.07. The number of aryl methyl sites for hydroxylation is 2. The van der Waals surface area contributed by atoms with E-state index in [0.717, 1.165) is 23.5 Å². The molecule has 0 amide bonds. The van der Waals surface area contributed by atoms with Crippen molar-refractivity contribution in [1.29, 1.82) is 0 Å². The van der Waals surface area contributed by atoms with E-state index < -0.39 is 0 Å². The van der Waals surface area contributed by atoms with Gasteiger partial charge in [-0.15, -0.1) is 5.10 Å². The fourth-order valence-corrected chi connectivity index (χ4v) is 1.68. The third-order valence-corrected chi connectivity index (χ3v) is 2.59. The van der Waals surface area contributed by atoms with Gasteiger partial charge >= 0.3 is 0 Å². The van der Waals surface area contributed by atoms with Crippen molar-refractivity contribution in [1.82, 2.24) is 15.2 Å². The zero-order valence-electron chi connectivity index (χ0n) is 10.1. The summed E-state index contributed by atoms with van der Waals surface area (Å²) in [6.07, 6.45) is 4.55. The van der Waals surface area contributed by atoms with Crippen LogP contribution in [0.4, 0.5) is 5.82 Å². The van der Waals surface area contributed by atoms with Crippen molar-refractivity contribution in [2.45, 2.75) is 26.8 Å². The molecule has 0 unspecified atom stereocenters. The first-order chi connectivity index (χ1) is 8.29. The van der Waals surface area contributed by atoms with Gasteiger partial charge in [0.25, 0.3) is 0 Å². The number of nitrogens with zero attached hydrogens (tertiary/aromatic N) is 3. The Kier molecular flexibility index (Phi) is 3.65. The van der Waals surface area contributed by atoms with Gasteiger partial charge in [-0.25, -0.2) is 0 Å². The van der Waals surface area contributed by atoms with Gasteiger partial charge in [0.05, 0.1) is 18.4 Å². The van der Waals surface area contributed by atoms with E-state index in [9.17, 15) is 0 Å². The summed E-state index contributed by atoms with van der Waals surface area (Å²) < 4.78 is 0. The van der Waals surface area contributed by atoms with Crippen molar-refractivity contribution in [3.63, 3.8) is 0 Å². The summed E-state index contributed by atoms with van der Waals surface area (Å²) in [4.78, 5) is 4.38. The first kappa shape index (κ1) is 11.5. The van der Waals surface area contributed by atoms with Crippen LogP contribution in [0.15, 0.2) is 30.6 Å². The maximum Gasteiger partial charge on any atom is 0.149 e. The minimum Gasteiger partial charge on any atom is -0.363 e. The summed E-state index contributed by atoms with van der Waals surface area (Å²) in [7, 11) is 0. The number of aromatic nitrogens is 3. The van der Waals surface area contributed by atoms with Crippen LogP contribution in [0.5, 0.6) is 0 Å². The minimum atomic E-state index is 0.683. The normalized spacial score (nSPS) is 10.2. The van der Waals surface area contributed by atoms with Gasteiger partial charge in [0.2, 0.25) is 0 Å². The number of hydrogen-bond donors (Lipinski definition) is 1. The standard InChI is InChI=1S/C13H16N4/c1-3-11-5-4-6-14-12(11)9-15-13-7-10(2)8-16-17-13/h4-8H,3,9H2,1-2H3,(H,15,17). The number of nitrogens with one attached hydrogen (secondary N) is 1. The third kappa shape index (κ3) is 3.00. The summed E-state index contributed by atoms with van der Waals surface area (Å²) in [6.45, 7) is 4.81. The zero-order valence-corrected chi connectivity index (χ0v) is 10.1. The van der Waals surface area contributed by atoms with E-state index in [2.05, 4.69) is 33.5 Å². The Hall–Kier alpha value is -1.97. The molecule has 0 spiro atoms. The first-order valence-electron chi connectivity index (χ1n) is 5.75. The summed E-state index contributed by atoms with van der Waals surface area (Å²) in [5, 5.41) is 11.2.